The zero-order valence-corrected chi connectivity index (χ0v) is 14.1. The Morgan fingerprint density at radius 1 is 1.19 bits per heavy atom. The number of esters is 1. The number of benzene rings is 2. The van der Waals surface area contributed by atoms with Gasteiger partial charge in [-0.1, -0.05) is 24.3 Å². The number of hydrogen-bond acceptors (Lipinski definition) is 4. The quantitative estimate of drug-likeness (QED) is 0.843. The molecule has 26 heavy (non-hydrogen) atoms. The summed E-state index contributed by atoms with van der Waals surface area (Å²) in [7, 11) is 1.30. The molecule has 0 amide bonds. The molecule has 2 N–H and O–H groups in total. The maximum absolute atomic E-state index is 14.5. The molecule has 1 atom stereocenters. The fraction of sp³-hybridized carbons (Fsp3) is 0.200. The first kappa shape index (κ1) is 16.4. The van der Waals surface area contributed by atoms with Crippen LogP contribution < -0.4 is 5.73 Å². The van der Waals surface area contributed by atoms with Gasteiger partial charge in [-0.05, 0) is 42.2 Å². The summed E-state index contributed by atoms with van der Waals surface area (Å²) < 4.78 is 32.9. The highest BCUT2D eigenvalue weighted by Gasteiger charge is 2.50. The first-order chi connectivity index (χ1) is 12.5. The fourth-order valence-electron chi connectivity index (χ4n) is 4.04. The second kappa shape index (κ2) is 5.76. The van der Waals surface area contributed by atoms with Gasteiger partial charge in [-0.25, -0.2) is 18.6 Å². The van der Waals surface area contributed by atoms with Gasteiger partial charge in [0.05, 0.1) is 29.4 Å². The maximum atomic E-state index is 14.5. The van der Waals surface area contributed by atoms with Crippen LogP contribution in [0.15, 0.2) is 58.7 Å². The molecule has 0 bridgehead atoms. The van der Waals surface area contributed by atoms with Gasteiger partial charge in [-0.15, -0.1) is 0 Å². The van der Waals surface area contributed by atoms with E-state index >= 15 is 0 Å². The molecule has 1 unspecified atom stereocenters. The predicted molar refractivity (Wildman–Crippen MR) is 92.6 cm³/mol. The third-order valence-electron chi connectivity index (χ3n) is 5.17. The summed E-state index contributed by atoms with van der Waals surface area (Å²) in [6, 6.07) is 10.7. The van der Waals surface area contributed by atoms with Crippen molar-refractivity contribution in [1.29, 1.82) is 0 Å². The number of carbonyl (C=O) groups excluding carboxylic acids is 1. The molecule has 2 aromatic rings. The smallest absolute Gasteiger partial charge is 0.335 e. The maximum Gasteiger partial charge on any atom is 0.335 e. The van der Waals surface area contributed by atoms with Gasteiger partial charge >= 0.3 is 5.97 Å². The van der Waals surface area contributed by atoms with E-state index < -0.39 is 17.2 Å². The first-order valence-corrected chi connectivity index (χ1v) is 8.20. The van der Waals surface area contributed by atoms with Gasteiger partial charge in [0, 0.05) is 0 Å². The Labute approximate surface area is 149 Å². The van der Waals surface area contributed by atoms with Crippen molar-refractivity contribution in [3.8, 4) is 0 Å². The molecule has 0 saturated heterocycles. The summed E-state index contributed by atoms with van der Waals surface area (Å²) in [5.74, 6) is -1.31. The van der Waals surface area contributed by atoms with E-state index in [2.05, 4.69) is 4.99 Å². The monoisotopic (exact) mass is 354 g/mol. The number of amidine groups is 1. The van der Waals surface area contributed by atoms with E-state index in [0.29, 0.717) is 29.7 Å². The number of fused-ring (bicyclic) bond motifs is 3. The van der Waals surface area contributed by atoms with Crippen LogP contribution in [0.2, 0.25) is 0 Å². The highest BCUT2D eigenvalue weighted by molar-refractivity contribution is 6.04. The number of ether oxygens (including phenoxy) is 1. The molecule has 0 saturated carbocycles. The summed E-state index contributed by atoms with van der Waals surface area (Å²) in [5.41, 5.74) is 7.62. The van der Waals surface area contributed by atoms with E-state index in [1.165, 1.54) is 25.3 Å². The van der Waals surface area contributed by atoms with Gasteiger partial charge in [0.2, 0.25) is 0 Å². The predicted octanol–water partition coefficient (Wildman–Crippen LogP) is 3.19. The Kier molecular flexibility index (Phi) is 3.64. The van der Waals surface area contributed by atoms with Crippen molar-refractivity contribution in [1.82, 2.24) is 0 Å². The second-order valence-electron chi connectivity index (χ2n) is 6.39. The minimum atomic E-state index is -0.864. The SMILES string of the molecule is COC(=O)C1=C2N=C(N)c3c(F)cccc3C2(c2ccc(F)cc2)CC1. The minimum Gasteiger partial charge on any atom is -0.466 e. The molecule has 132 valence electrons. The number of allylic oxidation sites excluding steroid dienone is 1. The van der Waals surface area contributed by atoms with Crippen LogP contribution >= 0.6 is 0 Å². The topological polar surface area (TPSA) is 64.7 Å². The van der Waals surface area contributed by atoms with Gasteiger partial charge in [-0.2, -0.15) is 0 Å². The van der Waals surface area contributed by atoms with Crippen LogP contribution in [0.4, 0.5) is 8.78 Å². The Morgan fingerprint density at radius 3 is 2.62 bits per heavy atom. The fourth-order valence-corrected chi connectivity index (χ4v) is 4.04. The lowest BCUT2D eigenvalue weighted by Crippen LogP contribution is -2.36. The van der Waals surface area contributed by atoms with Crippen LogP contribution in [-0.2, 0) is 14.9 Å². The molecule has 2 aromatic carbocycles. The van der Waals surface area contributed by atoms with Gasteiger partial charge < -0.3 is 10.5 Å². The van der Waals surface area contributed by atoms with E-state index in [0.717, 1.165) is 5.56 Å². The summed E-state index contributed by atoms with van der Waals surface area (Å²) >= 11 is 0. The molecule has 4 rings (SSSR count). The van der Waals surface area contributed by atoms with Crippen LogP contribution in [-0.4, -0.2) is 18.9 Å². The van der Waals surface area contributed by atoms with Crippen molar-refractivity contribution in [2.75, 3.05) is 7.11 Å². The normalized spacial score (nSPS) is 21.1. The highest BCUT2D eigenvalue weighted by atomic mass is 19.1. The minimum absolute atomic E-state index is 0.0224. The van der Waals surface area contributed by atoms with Crippen molar-refractivity contribution in [2.24, 2.45) is 10.7 Å². The number of halogens is 2. The number of nitrogens with zero attached hydrogens (tertiary/aromatic N) is 1. The van der Waals surface area contributed by atoms with Crippen molar-refractivity contribution in [2.45, 2.75) is 18.3 Å². The molecular formula is C20H16F2N2O2. The lowest BCUT2D eigenvalue weighted by atomic mass is 9.69. The third kappa shape index (κ3) is 2.11. The zero-order valence-electron chi connectivity index (χ0n) is 14.1. The van der Waals surface area contributed by atoms with Crippen molar-refractivity contribution in [3.63, 3.8) is 0 Å². The molecule has 1 aliphatic heterocycles. The van der Waals surface area contributed by atoms with Gasteiger partial charge in [-0.3, -0.25) is 0 Å². The van der Waals surface area contributed by atoms with Crippen LogP contribution in [0.25, 0.3) is 0 Å². The van der Waals surface area contributed by atoms with E-state index in [1.54, 1.807) is 24.3 Å². The number of carbonyl (C=O) groups is 1. The Balaban J connectivity index is 2.08. The number of nitrogens with two attached hydrogens (primary N) is 1. The largest absolute Gasteiger partial charge is 0.466 e. The number of aliphatic imine (C=N–C) groups is 1. The van der Waals surface area contributed by atoms with Crippen LogP contribution in [0.3, 0.4) is 0 Å². The summed E-state index contributed by atoms with van der Waals surface area (Å²) in [6.07, 6.45) is 0.901. The van der Waals surface area contributed by atoms with Crippen molar-refractivity contribution >= 4 is 11.8 Å². The lowest BCUT2D eigenvalue weighted by Gasteiger charge is -2.36. The van der Waals surface area contributed by atoms with Crippen LogP contribution in [0.1, 0.15) is 29.5 Å². The molecule has 2 aliphatic rings. The van der Waals surface area contributed by atoms with E-state index in [9.17, 15) is 13.6 Å². The Hall–Kier alpha value is -3.02. The first-order valence-electron chi connectivity index (χ1n) is 8.20. The number of rotatable bonds is 2. The van der Waals surface area contributed by atoms with E-state index in [4.69, 9.17) is 10.5 Å². The van der Waals surface area contributed by atoms with Crippen molar-refractivity contribution < 1.29 is 18.3 Å². The summed E-state index contributed by atoms with van der Waals surface area (Å²) in [6.45, 7) is 0. The van der Waals surface area contributed by atoms with Gasteiger partial charge in [0.25, 0.3) is 0 Å². The van der Waals surface area contributed by atoms with Crippen LogP contribution in [0, 0.1) is 11.6 Å². The molecule has 0 radical (unpaired) electrons. The average molecular weight is 354 g/mol. The number of methoxy groups -OCH3 is 1. The molecule has 4 nitrogen and oxygen atoms in total. The van der Waals surface area contributed by atoms with Gasteiger partial charge in [0.15, 0.2) is 0 Å². The standard InChI is InChI=1S/C20H16F2N2O2/c1-26-19(25)13-9-10-20(11-5-7-12(21)8-6-11)14-3-2-4-15(22)16(14)18(23)24-17(13)20/h2-8H,9-10H2,1H3,(H2,23,24). The molecule has 0 aromatic heterocycles. The van der Waals surface area contributed by atoms with E-state index in [1.807, 2.05) is 0 Å². The van der Waals surface area contributed by atoms with E-state index in [-0.39, 0.29) is 17.2 Å². The summed E-state index contributed by atoms with van der Waals surface area (Å²) in [5, 5.41) is 0. The molecule has 0 fully saturated rings. The molecule has 1 heterocycles. The highest BCUT2D eigenvalue weighted by Crippen LogP contribution is 2.53. The molecule has 1 aliphatic carbocycles. The lowest BCUT2D eigenvalue weighted by molar-refractivity contribution is -0.136. The van der Waals surface area contributed by atoms with Gasteiger partial charge in [0.1, 0.15) is 17.5 Å². The van der Waals surface area contributed by atoms with Crippen molar-refractivity contribution in [3.05, 3.63) is 82.1 Å². The van der Waals surface area contributed by atoms with Crippen LogP contribution in [0.5, 0.6) is 0 Å². The Bertz CT molecular complexity index is 980. The Morgan fingerprint density at radius 2 is 1.92 bits per heavy atom. The number of hydrogen-bond donors (Lipinski definition) is 1. The molecule has 0 spiro atoms. The molecular weight excluding hydrogens is 338 g/mol. The average Bonchev–Trinajstić information content (AvgIpc) is 3.02. The second-order valence-corrected chi connectivity index (χ2v) is 6.39. The molecule has 6 heteroatoms. The summed E-state index contributed by atoms with van der Waals surface area (Å²) in [4.78, 5) is 16.7. The third-order valence-corrected chi connectivity index (χ3v) is 5.17. The zero-order chi connectivity index (χ0) is 18.5.